The van der Waals surface area contributed by atoms with Crippen LogP contribution in [0.4, 0.5) is 0 Å². The van der Waals surface area contributed by atoms with Crippen LogP contribution in [0.2, 0.25) is 0 Å². The highest BCUT2D eigenvalue weighted by Gasteiger charge is 2.46. The second-order valence-electron chi connectivity index (χ2n) is 4.19. The molecule has 8 nitrogen and oxygen atoms in total. The molecule has 2 rings (SSSR count). The fraction of sp³-hybridized carbons (Fsp3) is 0.500. The van der Waals surface area contributed by atoms with Crippen molar-refractivity contribution in [2.24, 2.45) is 0 Å². The summed E-state index contributed by atoms with van der Waals surface area (Å²) in [4.78, 5) is 24.9. The summed E-state index contributed by atoms with van der Waals surface area (Å²) in [5.74, 6) is 2.50. The van der Waals surface area contributed by atoms with E-state index in [9.17, 15) is 14.7 Å². The first kappa shape index (κ1) is 14.3. The van der Waals surface area contributed by atoms with E-state index in [2.05, 4.69) is 17.0 Å². The van der Waals surface area contributed by atoms with E-state index in [-0.39, 0.29) is 0 Å². The topological polar surface area (TPSA) is 114 Å². The molecule has 0 aromatic carbocycles. The number of nitrogens with zero attached hydrogens (tertiary/aromatic N) is 1. The molecule has 4 atom stereocenters. The quantitative estimate of drug-likeness (QED) is 0.561. The molecule has 0 radical (unpaired) electrons. The lowest BCUT2D eigenvalue weighted by atomic mass is 10.1. The number of H-pyrrole nitrogens is 1. The predicted octanol–water partition coefficient (Wildman–Crippen LogP) is -1.85. The fourth-order valence-corrected chi connectivity index (χ4v) is 1.97. The molecule has 8 heteroatoms. The Morgan fingerprint density at radius 3 is 2.90 bits per heavy atom. The van der Waals surface area contributed by atoms with Crippen LogP contribution in [0.1, 0.15) is 13.2 Å². The molecule has 1 aromatic heterocycles. The standard InChI is InChI=1S/C12H14N2O6/c1-2-5-19-10-9(17)7(6-15)20-11(10)14-4-3-8(16)13-12(14)18/h3-4,7,9-11,15,17H,6H2,1H3,(H,13,16,18)/t7-,9+,10-,11-/m1/s1. The van der Waals surface area contributed by atoms with Gasteiger partial charge < -0.3 is 19.7 Å². The number of aliphatic hydroxyl groups excluding tert-OH is 2. The highest BCUT2D eigenvalue weighted by molar-refractivity contribution is 4.97. The average molecular weight is 282 g/mol. The first-order valence-corrected chi connectivity index (χ1v) is 5.91. The van der Waals surface area contributed by atoms with Crippen molar-refractivity contribution in [1.29, 1.82) is 0 Å². The van der Waals surface area contributed by atoms with Crippen LogP contribution >= 0.6 is 0 Å². The van der Waals surface area contributed by atoms with Gasteiger partial charge in [-0.05, 0) is 0 Å². The molecule has 2 heterocycles. The fourth-order valence-electron chi connectivity index (χ4n) is 1.97. The van der Waals surface area contributed by atoms with Gasteiger partial charge in [0.05, 0.1) is 6.61 Å². The first-order valence-electron chi connectivity index (χ1n) is 5.91. The maximum absolute atomic E-state index is 11.7. The third-order valence-corrected chi connectivity index (χ3v) is 2.92. The van der Waals surface area contributed by atoms with Crippen molar-refractivity contribution < 1.29 is 19.7 Å². The summed E-state index contributed by atoms with van der Waals surface area (Å²) in [6.45, 7) is 1.11. The Morgan fingerprint density at radius 1 is 1.55 bits per heavy atom. The number of aromatic amines is 1. The highest BCUT2D eigenvalue weighted by Crippen LogP contribution is 2.30. The Bertz CT molecular complexity index is 640. The van der Waals surface area contributed by atoms with Crippen LogP contribution in [0.25, 0.3) is 0 Å². The zero-order chi connectivity index (χ0) is 14.7. The largest absolute Gasteiger partial charge is 0.436 e. The Balaban J connectivity index is 2.38. The van der Waals surface area contributed by atoms with Crippen molar-refractivity contribution in [2.75, 3.05) is 6.61 Å². The van der Waals surface area contributed by atoms with Gasteiger partial charge in [0.2, 0.25) is 0 Å². The SMILES string of the molecule is CC#CO[C@@H]1[C@@H](O)[C@@H](CO)O[C@H]1n1ccc(=O)[nH]c1=O. The second-order valence-corrected chi connectivity index (χ2v) is 4.19. The van der Waals surface area contributed by atoms with Crippen molar-refractivity contribution in [3.05, 3.63) is 33.1 Å². The molecular weight excluding hydrogens is 268 g/mol. The molecule has 1 saturated heterocycles. The maximum Gasteiger partial charge on any atom is 0.330 e. The number of hydrogen-bond acceptors (Lipinski definition) is 6. The number of ether oxygens (including phenoxy) is 2. The lowest BCUT2D eigenvalue weighted by Gasteiger charge is -2.19. The average Bonchev–Trinajstić information content (AvgIpc) is 2.73. The highest BCUT2D eigenvalue weighted by atomic mass is 16.6. The predicted molar refractivity (Wildman–Crippen MR) is 66.6 cm³/mol. The van der Waals surface area contributed by atoms with E-state index in [0.717, 1.165) is 10.6 Å². The Hall–Kier alpha value is -2.08. The monoisotopic (exact) mass is 282 g/mol. The molecule has 0 unspecified atom stereocenters. The summed E-state index contributed by atoms with van der Waals surface area (Å²) in [5.41, 5.74) is -1.25. The van der Waals surface area contributed by atoms with Gasteiger partial charge in [0.15, 0.2) is 12.3 Å². The smallest absolute Gasteiger partial charge is 0.330 e. The molecule has 1 aliphatic heterocycles. The summed E-state index contributed by atoms with van der Waals surface area (Å²) in [6, 6.07) is 1.14. The van der Waals surface area contributed by atoms with Crippen LogP contribution in [0, 0.1) is 12.0 Å². The van der Waals surface area contributed by atoms with Crippen molar-refractivity contribution in [3.63, 3.8) is 0 Å². The zero-order valence-electron chi connectivity index (χ0n) is 10.6. The second kappa shape index (κ2) is 5.92. The third kappa shape index (κ3) is 2.60. The van der Waals surface area contributed by atoms with E-state index < -0.39 is 42.4 Å². The van der Waals surface area contributed by atoms with E-state index in [1.54, 1.807) is 6.92 Å². The van der Waals surface area contributed by atoms with Gasteiger partial charge in [-0.25, -0.2) is 4.79 Å². The number of rotatable bonds is 3. The van der Waals surface area contributed by atoms with Gasteiger partial charge in [0.1, 0.15) is 18.3 Å². The minimum atomic E-state index is -1.15. The molecule has 0 amide bonds. The van der Waals surface area contributed by atoms with Crippen LogP contribution < -0.4 is 11.2 Å². The van der Waals surface area contributed by atoms with E-state index in [4.69, 9.17) is 14.6 Å². The molecule has 3 N–H and O–H groups in total. The first-order chi connectivity index (χ1) is 9.58. The van der Waals surface area contributed by atoms with Crippen molar-refractivity contribution in [1.82, 2.24) is 9.55 Å². The molecule has 1 fully saturated rings. The molecular formula is C12H14N2O6. The van der Waals surface area contributed by atoms with Crippen LogP contribution in [0.15, 0.2) is 21.9 Å². The summed E-state index contributed by atoms with van der Waals surface area (Å²) >= 11 is 0. The molecule has 0 spiro atoms. The van der Waals surface area contributed by atoms with E-state index in [0.29, 0.717) is 0 Å². The molecule has 1 aliphatic rings. The Labute approximate surface area is 113 Å². The summed E-state index contributed by atoms with van der Waals surface area (Å²) in [5, 5.41) is 19.1. The normalized spacial score (nSPS) is 28.8. The maximum atomic E-state index is 11.7. The number of nitrogens with one attached hydrogen (secondary N) is 1. The van der Waals surface area contributed by atoms with Crippen molar-refractivity contribution in [2.45, 2.75) is 31.5 Å². The van der Waals surface area contributed by atoms with Gasteiger partial charge in [-0.3, -0.25) is 14.3 Å². The van der Waals surface area contributed by atoms with E-state index in [1.165, 1.54) is 6.20 Å². The Kier molecular flexibility index (Phi) is 4.24. The van der Waals surface area contributed by atoms with Gasteiger partial charge in [-0.2, -0.15) is 0 Å². The molecule has 20 heavy (non-hydrogen) atoms. The molecule has 0 bridgehead atoms. The molecule has 1 aromatic rings. The number of aromatic nitrogens is 2. The number of hydrogen-bond donors (Lipinski definition) is 3. The molecule has 0 saturated carbocycles. The van der Waals surface area contributed by atoms with Gasteiger partial charge >= 0.3 is 5.69 Å². The minimum absolute atomic E-state index is 0.435. The summed E-state index contributed by atoms with van der Waals surface area (Å²) in [6.07, 6.45) is -0.430. The van der Waals surface area contributed by atoms with E-state index in [1.807, 2.05) is 0 Å². The Morgan fingerprint density at radius 2 is 2.30 bits per heavy atom. The van der Waals surface area contributed by atoms with Crippen molar-refractivity contribution >= 4 is 0 Å². The zero-order valence-corrected chi connectivity index (χ0v) is 10.6. The lowest BCUT2D eigenvalue weighted by molar-refractivity contribution is -0.0549. The van der Waals surface area contributed by atoms with Crippen LogP contribution in [0.5, 0.6) is 0 Å². The van der Waals surface area contributed by atoms with Crippen LogP contribution in [0.3, 0.4) is 0 Å². The van der Waals surface area contributed by atoms with Crippen molar-refractivity contribution in [3.8, 4) is 12.0 Å². The van der Waals surface area contributed by atoms with Gasteiger partial charge in [0, 0.05) is 19.2 Å². The summed E-state index contributed by atoms with van der Waals surface area (Å²) < 4.78 is 11.6. The van der Waals surface area contributed by atoms with Crippen LogP contribution in [-0.4, -0.2) is 44.7 Å². The molecule has 108 valence electrons. The number of aliphatic hydroxyl groups is 2. The lowest BCUT2D eigenvalue weighted by Crippen LogP contribution is -2.38. The van der Waals surface area contributed by atoms with Gasteiger partial charge in [-0.15, -0.1) is 0 Å². The van der Waals surface area contributed by atoms with Gasteiger partial charge in [0.25, 0.3) is 5.56 Å². The van der Waals surface area contributed by atoms with Gasteiger partial charge in [-0.1, -0.05) is 5.92 Å². The molecule has 0 aliphatic carbocycles. The van der Waals surface area contributed by atoms with E-state index >= 15 is 0 Å². The third-order valence-electron chi connectivity index (χ3n) is 2.92. The summed E-state index contributed by atoms with van der Waals surface area (Å²) in [7, 11) is 0. The minimum Gasteiger partial charge on any atom is -0.436 e. The van der Waals surface area contributed by atoms with Crippen LogP contribution in [-0.2, 0) is 9.47 Å².